The Balaban J connectivity index is 2.37. The molecule has 1 aromatic rings. The van der Waals surface area contributed by atoms with E-state index in [2.05, 4.69) is 0 Å². The number of hydrogen-bond donors (Lipinski definition) is 1. The molecule has 2 nitrogen and oxygen atoms in total. The molecular formula is C13H18FNO. The van der Waals surface area contributed by atoms with Gasteiger partial charge >= 0.3 is 0 Å². The van der Waals surface area contributed by atoms with Crippen molar-refractivity contribution in [3.8, 4) is 0 Å². The summed E-state index contributed by atoms with van der Waals surface area (Å²) in [7, 11) is 0. The van der Waals surface area contributed by atoms with E-state index in [-0.39, 0.29) is 11.6 Å². The van der Waals surface area contributed by atoms with Gasteiger partial charge in [0.15, 0.2) is 0 Å². The van der Waals surface area contributed by atoms with E-state index in [1.807, 2.05) is 6.92 Å². The Morgan fingerprint density at radius 2 is 2.00 bits per heavy atom. The molecule has 0 aromatic heterocycles. The summed E-state index contributed by atoms with van der Waals surface area (Å²) < 4.78 is 12.6. The highest BCUT2D eigenvalue weighted by Crippen LogP contribution is 2.08. The number of rotatable bonds is 6. The fourth-order valence-electron chi connectivity index (χ4n) is 1.44. The number of Topliss-reactive ketones (excluding diaryl/α,β-unsaturated/α-hetero) is 1. The second-order valence-corrected chi connectivity index (χ2v) is 4.22. The predicted octanol–water partition coefficient (Wildman–Crippen LogP) is 2.31. The molecule has 3 heteroatoms. The molecule has 0 aliphatic rings. The van der Waals surface area contributed by atoms with Gasteiger partial charge in [0, 0.05) is 12.8 Å². The van der Waals surface area contributed by atoms with Crippen LogP contribution in [0, 0.1) is 11.7 Å². The van der Waals surface area contributed by atoms with Gasteiger partial charge in [-0.25, -0.2) is 4.39 Å². The average Bonchev–Trinajstić information content (AvgIpc) is 2.29. The van der Waals surface area contributed by atoms with Crippen molar-refractivity contribution in [1.82, 2.24) is 0 Å². The molecule has 16 heavy (non-hydrogen) atoms. The molecule has 1 aromatic carbocycles. The summed E-state index contributed by atoms with van der Waals surface area (Å²) in [6.45, 7) is 2.65. The summed E-state index contributed by atoms with van der Waals surface area (Å²) in [6.07, 6.45) is 1.77. The first-order valence-electron chi connectivity index (χ1n) is 5.58. The highest BCUT2D eigenvalue weighted by molar-refractivity contribution is 5.80. The van der Waals surface area contributed by atoms with Crippen LogP contribution < -0.4 is 5.73 Å². The molecule has 1 rings (SSSR count). The fourth-order valence-corrected chi connectivity index (χ4v) is 1.44. The third kappa shape index (κ3) is 4.53. The maximum Gasteiger partial charge on any atom is 0.137 e. The normalized spacial score (nSPS) is 12.4. The zero-order valence-electron chi connectivity index (χ0n) is 9.58. The lowest BCUT2D eigenvalue weighted by Crippen LogP contribution is -2.13. The molecule has 1 atom stereocenters. The SMILES string of the molecule is CC(CN)CCC(=O)Cc1ccc(F)cc1. The van der Waals surface area contributed by atoms with E-state index in [0.29, 0.717) is 25.3 Å². The van der Waals surface area contributed by atoms with Gasteiger partial charge in [0.2, 0.25) is 0 Å². The lowest BCUT2D eigenvalue weighted by Gasteiger charge is -2.07. The lowest BCUT2D eigenvalue weighted by atomic mass is 10.0. The Morgan fingerprint density at radius 1 is 1.38 bits per heavy atom. The number of carbonyl (C=O) groups is 1. The molecular weight excluding hydrogens is 205 g/mol. The van der Waals surface area contributed by atoms with Crippen LogP contribution in [0.15, 0.2) is 24.3 Å². The van der Waals surface area contributed by atoms with Crippen LogP contribution in [-0.2, 0) is 11.2 Å². The second kappa shape index (κ2) is 6.38. The largest absolute Gasteiger partial charge is 0.330 e. The van der Waals surface area contributed by atoms with Gasteiger partial charge in [0.05, 0.1) is 0 Å². The van der Waals surface area contributed by atoms with Crippen molar-refractivity contribution in [1.29, 1.82) is 0 Å². The summed E-state index contributed by atoms with van der Waals surface area (Å²) in [5.74, 6) is 0.303. The third-order valence-electron chi connectivity index (χ3n) is 2.63. The number of halogens is 1. The van der Waals surface area contributed by atoms with Gasteiger partial charge < -0.3 is 5.73 Å². The van der Waals surface area contributed by atoms with Crippen LogP contribution >= 0.6 is 0 Å². The van der Waals surface area contributed by atoms with E-state index in [1.165, 1.54) is 12.1 Å². The highest BCUT2D eigenvalue weighted by Gasteiger charge is 2.06. The first-order chi connectivity index (χ1) is 7.61. The molecule has 0 aliphatic heterocycles. The first-order valence-corrected chi connectivity index (χ1v) is 5.58. The second-order valence-electron chi connectivity index (χ2n) is 4.22. The van der Waals surface area contributed by atoms with E-state index in [9.17, 15) is 9.18 Å². The fraction of sp³-hybridized carbons (Fsp3) is 0.462. The smallest absolute Gasteiger partial charge is 0.137 e. The van der Waals surface area contributed by atoms with Crippen molar-refractivity contribution < 1.29 is 9.18 Å². The molecule has 0 radical (unpaired) electrons. The van der Waals surface area contributed by atoms with Crippen molar-refractivity contribution in [2.75, 3.05) is 6.54 Å². The van der Waals surface area contributed by atoms with E-state index < -0.39 is 0 Å². The average molecular weight is 223 g/mol. The van der Waals surface area contributed by atoms with Gasteiger partial charge in [-0.05, 0) is 36.6 Å². The maximum absolute atomic E-state index is 12.6. The quantitative estimate of drug-likeness (QED) is 0.804. The number of benzene rings is 1. The van der Waals surface area contributed by atoms with Crippen molar-refractivity contribution in [2.45, 2.75) is 26.2 Å². The van der Waals surface area contributed by atoms with Crippen molar-refractivity contribution in [3.05, 3.63) is 35.6 Å². The molecule has 88 valence electrons. The molecule has 0 heterocycles. The van der Waals surface area contributed by atoms with Crippen molar-refractivity contribution in [3.63, 3.8) is 0 Å². The Hall–Kier alpha value is -1.22. The van der Waals surface area contributed by atoms with Crippen LogP contribution in [0.2, 0.25) is 0 Å². The van der Waals surface area contributed by atoms with Crippen molar-refractivity contribution in [2.24, 2.45) is 11.7 Å². The maximum atomic E-state index is 12.6. The van der Waals surface area contributed by atoms with Gasteiger partial charge in [-0.2, -0.15) is 0 Å². The summed E-state index contributed by atoms with van der Waals surface area (Å²) >= 11 is 0. The van der Waals surface area contributed by atoms with E-state index >= 15 is 0 Å². The van der Waals surface area contributed by atoms with E-state index in [0.717, 1.165) is 12.0 Å². The van der Waals surface area contributed by atoms with Gasteiger partial charge in [-0.3, -0.25) is 4.79 Å². The molecule has 2 N–H and O–H groups in total. The number of ketones is 1. The van der Waals surface area contributed by atoms with Crippen LogP contribution in [0.25, 0.3) is 0 Å². The minimum atomic E-state index is -0.270. The minimum Gasteiger partial charge on any atom is -0.330 e. The minimum absolute atomic E-state index is 0.187. The predicted molar refractivity (Wildman–Crippen MR) is 62.6 cm³/mol. The van der Waals surface area contributed by atoms with E-state index in [4.69, 9.17) is 5.73 Å². The summed E-state index contributed by atoms with van der Waals surface area (Å²) in [5, 5.41) is 0. The topological polar surface area (TPSA) is 43.1 Å². The van der Waals surface area contributed by atoms with Gasteiger partial charge in [-0.1, -0.05) is 19.1 Å². The monoisotopic (exact) mass is 223 g/mol. The van der Waals surface area contributed by atoms with Crippen LogP contribution in [0.1, 0.15) is 25.3 Å². The van der Waals surface area contributed by atoms with Crippen molar-refractivity contribution >= 4 is 5.78 Å². The molecule has 0 saturated heterocycles. The Bertz CT molecular complexity index is 334. The van der Waals surface area contributed by atoms with Gasteiger partial charge in [0.1, 0.15) is 11.6 Å². The number of nitrogens with two attached hydrogens (primary N) is 1. The Kier molecular flexibility index (Phi) is 5.12. The third-order valence-corrected chi connectivity index (χ3v) is 2.63. The van der Waals surface area contributed by atoms with Gasteiger partial charge in [-0.15, -0.1) is 0 Å². The lowest BCUT2D eigenvalue weighted by molar-refractivity contribution is -0.118. The van der Waals surface area contributed by atoms with Crippen LogP contribution in [0.3, 0.4) is 0 Å². The summed E-state index contributed by atoms with van der Waals surface area (Å²) in [4.78, 5) is 11.6. The molecule has 0 bridgehead atoms. The number of hydrogen-bond acceptors (Lipinski definition) is 2. The van der Waals surface area contributed by atoms with Crippen LogP contribution in [0.5, 0.6) is 0 Å². The zero-order chi connectivity index (χ0) is 12.0. The molecule has 0 spiro atoms. The van der Waals surface area contributed by atoms with Crippen LogP contribution in [-0.4, -0.2) is 12.3 Å². The molecule has 0 aliphatic carbocycles. The molecule has 1 unspecified atom stereocenters. The molecule has 0 saturated carbocycles. The highest BCUT2D eigenvalue weighted by atomic mass is 19.1. The molecule has 0 fully saturated rings. The summed E-state index contributed by atoms with van der Waals surface area (Å²) in [6, 6.07) is 6.06. The zero-order valence-corrected chi connectivity index (χ0v) is 9.58. The van der Waals surface area contributed by atoms with Gasteiger partial charge in [0.25, 0.3) is 0 Å². The number of carbonyl (C=O) groups excluding carboxylic acids is 1. The standard InChI is InChI=1S/C13H18FNO/c1-10(9-15)2-7-13(16)8-11-3-5-12(14)6-4-11/h3-6,10H,2,7-9,15H2,1H3. The Morgan fingerprint density at radius 3 is 2.56 bits per heavy atom. The molecule has 0 amide bonds. The van der Waals surface area contributed by atoms with Crippen LogP contribution in [0.4, 0.5) is 4.39 Å². The first kappa shape index (κ1) is 12.8. The Labute approximate surface area is 95.7 Å². The van der Waals surface area contributed by atoms with E-state index in [1.54, 1.807) is 12.1 Å². The summed E-state index contributed by atoms with van der Waals surface area (Å²) in [5.41, 5.74) is 6.34.